The summed E-state index contributed by atoms with van der Waals surface area (Å²) in [5.74, 6) is 0.425. The zero-order valence-corrected chi connectivity index (χ0v) is 12.7. The molecule has 1 aromatic heterocycles. The first kappa shape index (κ1) is 13.2. The van der Waals surface area contributed by atoms with Gasteiger partial charge in [-0.05, 0) is 31.0 Å². The lowest BCUT2D eigenvalue weighted by molar-refractivity contribution is -0.0381. The van der Waals surface area contributed by atoms with Gasteiger partial charge in [-0.2, -0.15) is 5.10 Å². The number of nitrogens with zero attached hydrogens (tertiary/aromatic N) is 2. The van der Waals surface area contributed by atoms with Crippen LogP contribution in [0.15, 0.2) is 30.6 Å². The van der Waals surface area contributed by atoms with Gasteiger partial charge >= 0.3 is 0 Å². The molecule has 0 unspecified atom stereocenters. The van der Waals surface area contributed by atoms with E-state index >= 15 is 0 Å². The zero-order valence-electron chi connectivity index (χ0n) is 11.9. The second-order valence-electron chi connectivity index (χ2n) is 5.90. The molecule has 1 fully saturated rings. The molecule has 0 aliphatic carbocycles. The first-order chi connectivity index (χ1) is 10.2. The molecule has 0 saturated carbocycles. The minimum Gasteiger partial charge on any atom is -0.377 e. The van der Waals surface area contributed by atoms with Crippen LogP contribution in [0.1, 0.15) is 36.1 Å². The van der Waals surface area contributed by atoms with Crippen LogP contribution >= 0.6 is 11.6 Å². The topological polar surface area (TPSA) is 39.1 Å². The number of halogens is 1. The maximum Gasteiger partial charge on any atom is 0.0896 e. The van der Waals surface area contributed by atoms with Gasteiger partial charge in [-0.25, -0.2) is 0 Å². The smallest absolute Gasteiger partial charge is 0.0896 e. The summed E-state index contributed by atoms with van der Waals surface area (Å²) in [6.45, 7) is 0.826. The van der Waals surface area contributed by atoms with Crippen molar-refractivity contribution < 1.29 is 4.74 Å². The highest BCUT2D eigenvalue weighted by Crippen LogP contribution is 2.49. The number of rotatable bonds is 1. The molecule has 0 spiro atoms. The maximum atomic E-state index is 6.17. The van der Waals surface area contributed by atoms with Crippen LogP contribution in [0.25, 0.3) is 0 Å². The van der Waals surface area contributed by atoms with Crippen LogP contribution in [0, 0.1) is 5.92 Å². The summed E-state index contributed by atoms with van der Waals surface area (Å²) < 4.78 is 7.95. The van der Waals surface area contributed by atoms with Gasteiger partial charge in [-0.1, -0.05) is 11.6 Å². The van der Waals surface area contributed by atoms with Gasteiger partial charge in [0.25, 0.3) is 0 Å². The Kier molecular flexibility index (Phi) is 3.16. The molecule has 21 heavy (non-hydrogen) atoms. The number of hydrogen-bond donors (Lipinski definition) is 1. The highest BCUT2D eigenvalue weighted by Gasteiger charge is 2.40. The van der Waals surface area contributed by atoms with E-state index in [4.69, 9.17) is 16.3 Å². The minimum atomic E-state index is 0.124. The quantitative estimate of drug-likeness (QED) is 0.873. The summed E-state index contributed by atoms with van der Waals surface area (Å²) >= 11 is 6.17. The number of fused-ring (bicyclic) bond motifs is 3. The monoisotopic (exact) mass is 303 g/mol. The van der Waals surface area contributed by atoms with Gasteiger partial charge in [0.2, 0.25) is 0 Å². The molecule has 2 aliphatic heterocycles. The molecule has 4 nitrogen and oxygen atoms in total. The van der Waals surface area contributed by atoms with Crippen molar-refractivity contribution in [1.29, 1.82) is 0 Å². The predicted octanol–water partition coefficient (Wildman–Crippen LogP) is 3.71. The third kappa shape index (κ3) is 2.23. The van der Waals surface area contributed by atoms with Crippen LogP contribution in [0.3, 0.4) is 0 Å². The number of nitrogens with one attached hydrogen (secondary N) is 1. The molecular weight excluding hydrogens is 286 g/mol. The SMILES string of the molecule is Cn1cc([C@@H]2Nc3ccc(Cl)cc3[C@@H]3OCCC[C@H]23)cn1. The average molecular weight is 304 g/mol. The Bertz CT molecular complexity index is 669. The second kappa shape index (κ2) is 5.04. The second-order valence-corrected chi connectivity index (χ2v) is 6.33. The third-order valence-corrected chi connectivity index (χ3v) is 4.75. The van der Waals surface area contributed by atoms with E-state index in [9.17, 15) is 0 Å². The normalized spacial score (nSPS) is 27.6. The van der Waals surface area contributed by atoms with Crippen molar-refractivity contribution in [2.75, 3.05) is 11.9 Å². The average Bonchev–Trinajstić information content (AvgIpc) is 2.93. The molecule has 3 heterocycles. The molecule has 2 aromatic rings. The van der Waals surface area contributed by atoms with E-state index in [0.29, 0.717) is 5.92 Å². The van der Waals surface area contributed by atoms with Crippen molar-refractivity contribution >= 4 is 17.3 Å². The Balaban J connectivity index is 1.78. The summed E-state index contributed by atoms with van der Waals surface area (Å²) in [5.41, 5.74) is 3.53. The molecule has 0 radical (unpaired) electrons. The molecule has 1 N–H and O–H groups in total. The lowest BCUT2D eigenvalue weighted by Crippen LogP contribution is -2.35. The Labute approximate surface area is 129 Å². The lowest BCUT2D eigenvalue weighted by atomic mass is 9.78. The van der Waals surface area contributed by atoms with Crippen LogP contribution in [-0.4, -0.2) is 16.4 Å². The highest BCUT2D eigenvalue weighted by atomic mass is 35.5. The van der Waals surface area contributed by atoms with Crippen molar-refractivity contribution in [2.45, 2.75) is 25.0 Å². The van der Waals surface area contributed by atoms with Gasteiger partial charge in [0.1, 0.15) is 0 Å². The molecule has 110 valence electrons. The van der Waals surface area contributed by atoms with Crippen LogP contribution in [0.2, 0.25) is 5.02 Å². The van der Waals surface area contributed by atoms with Gasteiger partial charge in [-0.15, -0.1) is 0 Å². The van der Waals surface area contributed by atoms with Crippen molar-refractivity contribution in [3.8, 4) is 0 Å². The first-order valence-corrected chi connectivity index (χ1v) is 7.76. The lowest BCUT2D eigenvalue weighted by Gasteiger charge is -2.43. The van der Waals surface area contributed by atoms with Gasteiger partial charge in [0.15, 0.2) is 0 Å². The van der Waals surface area contributed by atoms with Gasteiger partial charge in [0, 0.05) is 47.6 Å². The van der Waals surface area contributed by atoms with Crippen molar-refractivity contribution in [2.24, 2.45) is 13.0 Å². The van der Waals surface area contributed by atoms with Crippen LogP contribution < -0.4 is 5.32 Å². The third-order valence-electron chi connectivity index (χ3n) is 4.51. The number of hydrogen-bond acceptors (Lipinski definition) is 3. The molecule has 0 bridgehead atoms. The van der Waals surface area contributed by atoms with E-state index in [2.05, 4.69) is 22.7 Å². The fraction of sp³-hybridized carbons (Fsp3) is 0.438. The first-order valence-electron chi connectivity index (χ1n) is 7.38. The Hall–Kier alpha value is -1.52. The molecular formula is C16H18ClN3O. The fourth-order valence-electron chi connectivity index (χ4n) is 3.57. The van der Waals surface area contributed by atoms with E-state index in [1.54, 1.807) is 0 Å². The molecule has 2 aliphatic rings. The summed E-state index contributed by atoms with van der Waals surface area (Å²) in [5, 5.41) is 8.74. The number of anilines is 1. The largest absolute Gasteiger partial charge is 0.377 e. The summed E-state index contributed by atoms with van der Waals surface area (Å²) in [6, 6.07) is 6.26. The van der Waals surface area contributed by atoms with E-state index < -0.39 is 0 Å². The molecule has 5 heteroatoms. The Morgan fingerprint density at radius 1 is 1.43 bits per heavy atom. The number of aryl methyl sites for hydroxylation is 1. The summed E-state index contributed by atoms with van der Waals surface area (Å²) in [7, 11) is 1.95. The van der Waals surface area contributed by atoms with E-state index in [-0.39, 0.29) is 12.1 Å². The molecule has 3 atom stereocenters. The van der Waals surface area contributed by atoms with Crippen LogP contribution in [0.4, 0.5) is 5.69 Å². The van der Waals surface area contributed by atoms with E-state index in [1.807, 2.05) is 30.1 Å². The standard InChI is InChI=1S/C16H18ClN3O/c1-20-9-10(8-18-20)15-12-3-2-6-21-16(12)13-7-11(17)4-5-14(13)19-15/h4-5,7-9,12,15-16,19H,2-3,6H2,1H3/t12-,15+,16-/m1/s1. The molecule has 0 amide bonds. The van der Waals surface area contributed by atoms with Gasteiger partial charge in [0.05, 0.1) is 18.3 Å². The van der Waals surface area contributed by atoms with Crippen molar-refractivity contribution in [1.82, 2.24) is 9.78 Å². The summed E-state index contributed by atoms with van der Waals surface area (Å²) in [6.07, 6.45) is 6.42. The van der Waals surface area contributed by atoms with Crippen LogP contribution in [0.5, 0.6) is 0 Å². The summed E-state index contributed by atoms with van der Waals surface area (Å²) in [4.78, 5) is 0. The zero-order chi connectivity index (χ0) is 14.4. The number of aromatic nitrogens is 2. The predicted molar refractivity (Wildman–Crippen MR) is 82.4 cm³/mol. The molecule has 1 aromatic carbocycles. The van der Waals surface area contributed by atoms with Gasteiger partial charge < -0.3 is 10.1 Å². The van der Waals surface area contributed by atoms with E-state index in [0.717, 1.165) is 30.2 Å². The molecule has 1 saturated heterocycles. The van der Waals surface area contributed by atoms with Crippen molar-refractivity contribution in [3.05, 3.63) is 46.7 Å². The maximum absolute atomic E-state index is 6.17. The van der Waals surface area contributed by atoms with E-state index in [1.165, 1.54) is 11.1 Å². The Morgan fingerprint density at radius 2 is 2.33 bits per heavy atom. The Morgan fingerprint density at radius 3 is 3.14 bits per heavy atom. The fourth-order valence-corrected chi connectivity index (χ4v) is 3.75. The van der Waals surface area contributed by atoms with Gasteiger partial charge in [-0.3, -0.25) is 4.68 Å². The van der Waals surface area contributed by atoms with Crippen LogP contribution in [-0.2, 0) is 11.8 Å². The minimum absolute atomic E-state index is 0.124. The number of benzene rings is 1. The molecule has 4 rings (SSSR count). The number of ether oxygens (including phenoxy) is 1. The highest BCUT2D eigenvalue weighted by molar-refractivity contribution is 6.30. The van der Waals surface area contributed by atoms with Crippen molar-refractivity contribution in [3.63, 3.8) is 0 Å².